The Morgan fingerprint density at radius 2 is 2.00 bits per heavy atom. The van der Waals surface area contributed by atoms with Crippen molar-refractivity contribution in [2.75, 3.05) is 7.11 Å². The molecule has 0 radical (unpaired) electrons. The van der Waals surface area contributed by atoms with Crippen LogP contribution >= 0.6 is 0 Å². The average molecular weight is 361 g/mol. The van der Waals surface area contributed by atoms with E-state index in [4.69, 9.17) is 4.74 Å². The Morgan fingerprint density at radius 1 is 1.23 bits per heavy atom. The molecule has 2 aromatic carbocycles. The predicted octanol–water partition coefficient (Wildman–Crippen LogP) is 3.09. The molecule has 1 fully saturated rings. The molecule has 3 rings (SSSR count). The van der Waals surface area contributed by atoms with Crippen LogP contribution in [0.4, 0.5) is 8.78 Å². The molecule has 0 unspecified atom stereocenters. The molecule has 1 amide bonds. The highest BCUT2D eigenvalue weighted by Gasteiger charge is 2.45. The zero-order valence-electron chi connectivity index (χ0n) is 14.0. The third kappa shape index (κ3) is 3.66. The maximum atomic E-state index is 13.8. The summed E-state index contributed by atoms with van der Waals surface area (Å²) in [5, 5.41) is 11.9. The molecule has 1 aliphatic carbocycles. The van der Waals surface area contributed by atoms with Gasteiger partial charge in [-0.25, -0.2) is 13.6 Å². The number of ether oxygens (including phenoxy) is 1. The normalized spacial score (nSPS) is 18.3. The van der Waals surface area contributed by atoms with Crippen molar-refractivity contribution in [3.05, 3.63) is 64.7 Å². The number of carboxylic acids is 1. The van der Waals surface area contributed by atoms with Gasteiger partial charge in [0.05, 0.1) is 7.11 Å². The highest BCUT2D eigenvalue weighted by Crippen LogP contribution is 2.48. The van der Waals surface area contributed by atoms with E-state index in [2.05, 4.69) is 5.32 Å². The quantitative estimate of drug-likeness (QED) is 0.829. The van der Waals surface area contributed by atoms with Crippen molar-refractivity contribution in [3.63, 3.8) is 0 Å². The van der Waals surface area contributed by atoms with Crippen molar-refractivity contribution >= 4 is 11.9 Å². The van der Waals surface area contributed by atoms with Gasteiger partial charge in [-0.15, -0.1) is 0 Å². The highest BCUT2D eigenvalue weighted by molar-refractivity contribution is 5.91. The van der Waals surface area contributed by atoms with Crippen molar-refractivity contribution in [3.8, 4) is 5.75 Å². The van der Waals surface area contributed by atoms with Crippen molar-refractivity contribution < 1.29 is 28.2 Å². The lowest BCUT2D eigenvalue weighted by Crippen LogP contribution is -2.25. The van der Waals surface area contributed by atoms with E-state index in [1.807, 2.05) is 0 Å². The van der Waals surface area contributed by atoms with Gasteiger partial charge in [0.25, 0.3) is 0 Å². The van der Waals surface area contributed by atoms with Gasteiger partial charge < -0.3 is 15.2 Å². The minimum Gasteiger partial charge on any atom is -0.496 e. The van der Waals surface area contributed by atoms with Crippen LogP contribution in [-0.2, 0) is 11.3 Å². The van der Waals surface area contributed by atoms with Gasteiger partial charge in [-0.3, -0.25) is 4.79 Å². The van der Waals surface area contributed by atoms with Gasteiger partial charge in [0.2, 0.25) is 5.91 Å². The van der Waals surface area contributed by atoms with Crippen LogP contribution in [0, 0.1) is 17.6 Å². The van der Waals surface area contributed by atoms with Crippen LogP contribution in [0.3, 0.4) is 0 Å². The molecule has 2 N–H and O–H groups in total. The number of carbonyl (C=O) groups excluding carboxylic acids is 1. The van der Waals surface area contributed by atoms with Crippen LogP contribution < -0.4 is 10.1 Å². The maximum Gasteiger partial charge on any atom is 0.339 e. The predicted molar refractivity (Wildman–Crippen MR) is 89.0 cm³/mol. The second-order valence-electron chi connectivity index (χ2n) is 6.17. The number of aromatic carboxylic acids is 1. The fraction of sp³-hybridized carbons (Fsp3) is 0.263. The minimum absolute atomic E-state index is 0.0110. The number of carbonyl (C=O) groups is 2. The molecule has 2 aromatic rings. The first-order valence-corrected chi connectivity index (χ1v) is 8.03. The van der Waals surface area contributed by atoms with Crippen molar-refractivity contribution in [2.45, 2.75) is 18.9 Å². The summed E-state index contributed by atoms with van der Waals surface area (Å²) >= 11 is 0. The van der Waals surface area contributed by atoms with Gasteiger partial charge in [-0.1, -0.05) is 12.1 Å². The molecule has 0 saturated heterocycles. The molecular formula is C19H17F2NO4. The summed E-state index contributed by atoms with van der Waals surface area (Å²) < 4.78 is 31.7. The molecule has 0 spiro atoms. The van der Waals surface area contributed by atoms with Gasteiger partial charge in [-0.05, 0) is 41.7 Å². The average Bonchev–Trinajstić information content (AvgIpc) is 3.39. The Balaban J connectivity index is 1.62. The summed E-state index contributed by atoms with van der Waals surface area (Å²) in [6.45, 7) is 0.151. The molecule has 2 atom stereocenters. The van der Waals surface area contributed by atoms with Crippen LogP contribution in [0.1, 0.15) is 33.8 Å². The molecule has 26 heavy (non-hydrogen) atoms. The van der Waals surface area contributed by atoms with Crippen LogP contribution in [0.25, 0.3) is 0 Å². The summed E-state index contributed by atoms with van der Waals surface area (Å²) in [5.41, 5.74) is 0.961. The summed E-state index contributed by atoms with van der Waals surface area (Å²) in [6.07, 6.45) is 0.497. The number of rotatable bonds is 6. The van der Waals surface area contributed by atoms with E-state index in [-0.39, 0.29) is 35.6 Å². The number of benzene rings is 2. The molecule has 0 bridgehead atoms. The van der Waals surface area contributed by atoms with E-state index < -0.39 is 17.6 Å². The van der Waals surface area contributed by atoms with Gasteiger partial charge >= 0.3 is 5.97 Å². The number of amides is 1. The lowest BCUT2D eigenvalue weighted by Gasteiger charge is -2.09. The Kier molecular flexibility index (Phi) is 4.88. The Hall–Kier alpha value is -2.96. The number of methoxy groups -OCH3 is 1. The minimum atomic E-state index is -1.12. The maximum absolute atomic E-state index is 13.8. The molecule has 5 nitrogen and oxygen atoms in total. The standard InChI is InChI=1S/C19H17F2NO4/c1-26-17-5-2-10(6-15(17)19(24)25)9-22-18(23)14-8-13(14)12-4-3-11(20)7-16(12)21/h2-7,13-14H,8-9H2,1H3,(H,22,23)(H,24,25)/t13-,14-/m1/s1. The summed E-state index contributed by atoms with van der Waals surface area (Å²) in [7, 11) is 1.38. The van der Waals surface area contributed by atoms with Crippen LogP contribution in [0.5, 0.6) is 5.75 Å². The molecule has 1 saturated carbocycles. The van der Waals surface area contributed by atoms with E-state index >= 15 is 0 Å². The van der Waals surface area contributed by atoms with E-state index in [9.17, 15) is 23.5 Å². The largest absolute Gasteiger partial charge is 0.496 e. The lowest BCUT2D eigenvalue weighted by molar-refractivity contribution is -0.122. The second kappa shape index (κ2) is 7.11. The van der Waals surface area contributed by atoms with Crippen LogP contribution in [-0.4, -0.2) is 24.1 Å². The highest BCUT2D eigenvalue weighted by atomic mass is 19.1. The zero-order valence-corrected chi connectivity index (χ0v) is 14.0. The Bertz CT molecular complexity index is 869. The van der Waals surface area contributed by atoms with Crippen molar-refractivity contribution in [2.24, 2.45) is 5.92 Å². The molecule has 0 aromatic heterocycles. The number of halogens is 2. The topological polar surface area (TPSA) is 75.6 Å². The molecule has 136 valence electrons. The number of hydrogen-bond donors (Lipinski definition) is 2. The third-order valence-electron chi connectivity index (χ3n) is 4.45. The first kappa shape index (κ1) is 17.8. The summed E-state index contributed by atoms with van der Waals surface area (Å²) in [6, 6.07) is 7.98. The molecule has 7 heteroatoms. The van der Waals surface area contributed by atoms with Gasteiger partial charge in [0.1, 0.15) is 22.9 Å². The molecule has 0 heterocycles. The van der Waals surface area contributed by atoms with Crippen molar-refractivity contribution in [1.82, 2.24) is 5.32 Å². The lowest BCUT2D eigenvalue weighted by atomic mass is 10.1. The van der Waals surface area contributed by atoms with E-state index in [0.29, 0.717) is 17.5 Å². The Labute approximate surface area is 148 Å². The summed E-state index contributed by atoms with van der Waals surface area (Å²) in [4.78, 5) is 23.4. The smallest absolute Gasteiger partial charge is 0.339 e. The SMILES string of the molecule is COc1ccc(CNC(=O)[C@@H]2C[C@@H]2c2ccc(F)cc2F)cc1C(=O)O. The molecule has 0 aliphatic heterocycles. The number of nitrogens with one attached hydrogen (secondary N) is 1. The fourth-order valence-electron chi connectivity index (χ4n) is 2.98. The first-order chi connectivity index (χ1) is 12.4. The van der Waals surface area contributed by atoms with E-state index in [1.54, 1.807) is 6.07 Å². The third-order valence-corrected chi connectivity index (χ3v) is 4.45. The first-order valence-electron chi connectivity index (χ1n) is 8.03. The van der Waals surface area contributed by atoms with Crippen molar-refractivity contribution in [1.29, 1.82) is 0 Å². The summed E-state index contributed by atoms with van der Waals surface area (Å²) in [5.74, 6) is -3.06. The zero-order chi connectivity index (χ0) is 18.8. The monoisotopic (exact) mass is 361 g/mol. The van der Waals surface area contributed by atoms with Crippen LogP contribution in [0.2, 0.25) is 0 Å². The second-order valence-corrected chi connectivity index (χ2v) is 6.17. The Morgan fingerprint density at radius 3 is 2.65 bits per heavy atom. The fourth-order valence-corrected chi connectivity index (χ4v) is 2.98. The number of hydrogen-bond acceptors (Lipinski definition) is 3. The van der Waals surface area contributed by atoms with E-state index in [1.165, 1.54) is 31.4 Å². The molecule has 1 aliphatic rings. The van der Waals surface area contributed by atoms with Gasteiger partial charge in [0.15, 0.2) is 0 Å². The van der Waals surface area contributed by atoms with Gasteiger partial charge in [0, 0.05) is 18.5 Å². The van der Waals surface area contributed by atoms with Crippen LogP contribution in [0.15, 0.2) is 36.4 Å². The number of carboxylic acid groups (broad SMARTS) is 1. The van der Waals surface area contributed by atoms with E-state index in [0.717, 1.165) is 6.07 Å². The van der Waals surface area contributed by atoms with Gasteiger partial charge in [-0.2, -0.15) is 0 Å². The molecular weight excluding hydrogens is 344 g/mol.